The zero-order chi connectivity index (χ0) is 66.0. The van der Waals surface area contributed by atoms with Crippen LogP contribution in [0.4, 0.5) is 0 Å². The Labute approximate surface area is 545 Å². The summed E-state index contributed by atoms with van der Waals surface area (Å²) in [6.07, 6.45) is 41.4. The van der Waals surface area contributed by atoms with Crippen LogP contribution >= 0.6 is 0 Å². The summed E-state index contributed by atoms with van der Waals surface area (Å²) < 4.78 is 2.04. The Bertz CT molecular complexity index is 3410. The average molecular weight is 1230 g/mol. The van der Waals surface area contributed by atoms with Gasteiger partial charge in [-0.3, -0.25) is 14.4 Å². The Morgan fingerprint density at radius 2 is 0.878 bits per heavy atom. The molecule has 3 aromatic heterocycles. The number of pyridine rings is 1. The Morgan fingerprint density at radius 1 is 0.478 bits per heavy atom. The van der Waals surface area contributed by atoms with E-state index in [4.69, 9.17) is 16.5 Å². The van der Waals surface area contributed by atoms with Crippen LogP contribution in [0.1, 0.15) is 315 Å². The van der Waals surface area contributed by atoms with E-state index in [0.717, 1.165) is 148 Å². The Balaban J connectivity index is 0.000000797. The fourth-order valence-electron chi connectivity index (χ4n) is 13.2. The SMILES string of the molecule is C1CCNCC1.C=c1c2cc(-c3cnc(C)nc3)c3c4ccc(C(=O)CC(CCCCCC)CCCCCC)c5c(C(C)=O)cc(-c6cnc(C)nc6)c(c6ccc(c(=O)n1C(CCCCCC)CCCCCC)c2c63)c54.CC.CC.CC.CCCCCCC. The van der Waals surface area contributed by atoms with Crippen molar-refractivity contribution in [3.8, 4) is 22.3 Å². The first-order valence-corrected chi connectivity index (χ1v) is 36.6. The highest BCUT2D eigenvalue weighted by atomic mass is 16.1. The zero-order valence-electron chi connectivity index (χ0n) is 59.5. The van der Waals surface area contributed by atoms with Crippen molar-refractivity contribution in [3.05, 3.63) is 99.7 Å². The minimum atomic E-state index is -0.114. The summed E-state index contributed by atoms with van der Waals surface area (Å²) in [5, 5.41) is 12.7. The molecule has 0 atom stereocenters. The molecular formula is C81H122N6O3. The lowest BCUT2D eigenvalue weighted by Gasteiger charge is -2.26. The van der Waals surface area contributed by atoms with Crippen molar-refractivity contribution < 1.29 is 9.59 Å². The first-order valence-electron chi connectivity index (χ1n) is 36.6. The molecule has 1 N–H and O–H groups in total. The van der Waals surface area contributed by atoms with Crippen LogP contribution in [0.15, 0.2) is 66.0 Å². The number of carbonyl (C=O) groups excluding carboxylic acids is 2. The van der Waals surface area contributed by atoms with E-state index in [1.807, 2.05) is 103 Å². The molecule has 0 bridgehead atoms. The molecule has 8 aromatic rings. The van der Waals surface area contributed by atoms with Crippen LogP contribution in [-0.2, 0) is 0 Å². The van der Waals surface area contributed by atoms with Crippen LogP contribution in [0.3, 0.4) is 0 Å². The van der Waals surface area contributed by atoms with Gasteiger partial charge in [0.2, 0.25) is 0 Å². The van der Waals surface area contributed by atoms with E-state index in [1.54, 1.807) is 6.92 Å². The number of carbonyl (C=O) groups is 2. The fraction of sp³-hybridized carbons (Fsp3) is 0.593. The van der Waals surface area contributed by atoms with E-state index < -0.39 is 0 Å². The summed E-state index contributed by atoms with van der Waals surface area (Å²) in [6.45, 7) is 38.1. The first-order chi connectivity index (χ1) is 43.9. The number of rotatable bonds is 31. The molecule has 9 heteroatoms. The number of ketones is 2. The van der Waals surface area contributed by atoms with Gasteiger partial charge in [-0.2, -0.15) is 0 Å². The van der Waals surface area contributed by atoms with Gasteiger partial charge in [0.05, 0.1) is 0 Å². The van der Waals surface area contributed by atoms with Gasteiger partial charge in [-0.1, -0.05) is 262 Å². The predicted octanol–water partition coefficient (Wildman–Crippen LogP) is 23.3. The number of Topliss-reactive ketones (excluding diaryl/α,β-unsaturated/α-hetero) is 2. The van der Waals surface area contributed by atoms with Gasteiger partial charge in [-0.25, -0.2) is 19.9 Å². The molecule has 0 saturated carbocycles. The fourth-order valence-corrected chi connectivity index (χ4v) is 13.2. The van der Waals surface area contributed by atoms with Gasteiger partial charge in [-0.05, 0) is 127 Å². The van der Waals surface area contributed by atoms with Crippen molar-refractivity contribution in [1.29, 1.82) is 0 Å². The van der Waals surface area contributed by atoms with Crippen LogP contribution in [0, 0.1) is 19.8 Å². The number of nitrogens with zero attached hydrogens (tertiary/aromatic N) is 5. The second kappa shape index (κ2) is 42.3. The van der Waals surface area contributed by atoms with Crippen molar-refractivity contribution in [2.75, 3.05) is 13.1 Å². The number of aryl methyl sites for hydroxylation is 2. The Hall–Kier alpha value is -5.93. The Morgan fingerprint density at radius 3 is 1.29 bits per heavy atom. The van der Waals surface area contributed by atoms with Crippen LogP contribution < -0.4 is 16.2 Å². The summed E-state index contributed by atoms with van der Waals surface area (Å²) in [5.41, 5.74) is 4.43. The minimum Gasteiger partial charge on any atom is -0.317 e. The van der Waals surface area contributed by atoms with Crippen LogP contribution in [0.25, 0.3) is 82.7 Å². The molecule has 0 unspecified atom stereocenters. The molecule has 0 amide bonds. The van der Waals surface area contributed by atoms with E-state index >= 15 is 9.59 Å². The van der Waals surface area contributed by atoms with E-state index in [9.17, 15) is 4.79 Å². The number of unbranched alkanes of at least 4 members (excludes halogenated alkanes) is 16. The maximum atomic E-state index is 15.4. The van der Waals surface area contributed by atoms with Gasteiger partial charge in [0.25, 0.3) is 5.56 Å². The van der Waals surface area contributed by atoms with Crippen molar-refractivity contribution in [2.24, 2.45) is 5.92 Å². The number of aromatic nitrogens is 5. The third kappa shape index (κ3) is 20.5. The number of hydrogen-bond acceptors (Lipinski definition) is 8. The van der Waals surface area contributed by atoms with Crippen LogP contribution in [0.5, 0.6) is 0 Å². The van der Waals surface area contributed by atoms with Gasteiger partial charge in [0.15, 0.2) is 11.6 Å². The second-order valence-corrected chi connectivity index (χ2v) is 24.6. The Kier molecular flexibility index (Phi) is 35.9. The lowest BCUT2D eigenvalue weighted by Crippen LogP contribution is -2.36. The molecule has 4 heterocycles. The van der Waals surface area contributed by atoms with Gasteiger partial charge in [-0.15, -0.1) is 0 Å². The van der Waals surface area contributed by atoms with Crippen molar-refractivity contribution >= 4 is 72.0 Å². The maximum absolute atomic E-state index is 15.4. The van der Waals surface area contributed by atoms with Gasteiger partial charge >= 0.3 is 0 Å². The molecule has 1 saturated heterocycles. The predicted molar refractivity (Wildman–Crippen MR) is 393 cm³/mol. The molecule has 90 heavy (non-hydrogen) atoms. The van der Waals surface area contributed by atoms with Gasteiger partial charge in [0, 0.05) is 86.4 Å². The van der Waals surface area contributed by atoms with E-state index in [0.29, 0.717) is 40.0 Å². The van der Waals surface area contributed by atoms with Gasteiger partial charge < -0.3 is 9.88 Å². The maximum Gasteiger partial charge on any atom is 0.259 e. The molecular weight excluding hydrogens is 1100 g/mol. The minimum absolute atomic E-state index is 0.00248. The molecule has 1 aliphatic heterocycles. The molecule has 1 aliphatic rings. The number of nitrogens with one attached hydrogen (secondary N) is 1. The highest BCUT2D eigenvalue weighted by Gasteiger charge is 2.29. The van der Waals surface area contributed by atoms with Crippen molar-refractivity contribution in [3.63, 3.8) is 0 Å². The summed E-state index contributed by atoms with van der Waals surface area (Å²) >= 11 is 0. The zero-order valence-corrected chi connectivity index (χ0v) is 59.5. The van der Waals surface area contributed by atoms with Crippen molar-refractivity contribution in [2.45, 2.75) is 296 Å². The normalized spacial score (nSPS) is 12.1. The standard InChI is InChI=1S/C63H77N5O3.C7H16.C5H11N.3C2H6/c1-9-13-17-21-25-44(26-22-18-14-10-2)33-56(70)48-29-30-49-58-54(45-36-64-42(7)65-37-45)34-52-40(5)68(47(27-23-19-15-11-3)28-24-20-16-12-4)63(71)51-32-31-50(62(58)60(51)52)59-55(46-38-66-43(8)67-39-46)35-53(41(6)69)57(48)61(49)59;1-3-5-7-6-4-2;1-2-4-6-5-3-1;3*1-2/h29-32,34-39,44,47H,5,9-28,33H2,1-4,6-8H3;3-7H2,1-2H3;6H,1-5H2;3*1-2H3. The monoisotopic (exact) mass is 1230 g/mol. The topological polar surface area (TPSA) is 120 Å². The number of hydrogen-bond donors (Lipinski definition) is 1. The molecule has 9 rings (SSSR count). The van der Waals surface area contributed by atoms with Crippen LogP contribution in [-0.4, -0.2) is 49.2 Å². The lowest BCUT2D eigenvalue weighted by molar-refractivity contribution is 0.0956. The number of piperidine rings is 1. The summed E-state index contributed by atoms with van der Waals surface area (Å²) in [4.78, 5) is 63.6. The third-order valence-electron chi connectivity index (χ3n) is 18.0. The smallest absolute Gasteiger partial charge is 0.259 e. The molecule has 1 fully saturated rings. The van der Waals surface area contributed by atoms with Gasteiger partial charge in [0.1, 0.15) is 11.6 Å². The summed E-state index contributed by atoms with van der Waals surface area (Å²) in [5.74, 6) is 1.55. The molecule has 0 aliphatic carbocycles. The molecule has 494 valence electrons. The highest BCUT2D eigenvalue weighted by Crippen LogP contribution is 2.50. The summed E-state index contributed by atoms with van der Waals surface area (Å²) in [7, 11) is 0. The molecule has 5 aromatic carbocycles. The molecule has 0 spiro atoms. The van der Waals surface area contributed by atoms with Crippen LogP contribution in [0.2, 0.25) is 0 Å². The van der Waals surface area contributed by atoms with E-state index in [1.165, 1.54) is 116 Å². The second-order valence-electron chi connectivity index (χ2n) is 24.6. The van der Waals surface area contributed by atoms with E-state index in [2.05, 4.69) is 75.0 Å². The average Bonchev–Trinajstić information content (AvgIpc) is 0.686. The lowest BCUT2D eigenvalue weighted by atomic mass is 9.79. The third-order valence-corrected chi connectivity index (χ3v) is 18.0. The van der Waals surface area contributed by atoms with Crippen molar-refractivity contribution in [1.82, 2.24) is 29.8 Å². The first kappa shape index (κ1) is 76.5. The van der Waals surface area contributed by atoms with E-state index in [-0.39, 0.29) is 29.1 Å². The number of fused-ring (bicyclic) bond motifs is 2. The summed E-state index contributed by atoms with van der Waals surface area (Å²) in [6, 6.07) is 12.4. The molecule has 9 nitrogen and oxygen atoms in total. The molecule has 0 radical (unpaired) electrons. The largest absolute Gasteiger partial charge is 0.317 e. The highest BCUT2D eigenvalue weighted by molar-refractivity contribution is 6.43. The quantitative estimate of drug-likeness (QED) is 0.0197. The number of benzene rings is 5.